The van der Waals surface area contributed by atoms with Crippen molar-refractivity contribution < 1.29 is 5.11 Å². The predicted octanol–water partition coefficient (Wildman–Crippen LogP) is 4.68. The minimum Gasteiger partial charge on any atom is -0.388 e. The number of hydrogen-bond donors (Lipinski definition) is 1. The van der Waals surface area contributed by atoms with Gasteiger partial charge in [0.15, 0.2) is 0 Å². The topological polar surface area (TPSA) is 20.2 Å². The Labute approximate surface area is 104 Å². The van der Waals surface area contributed by atoms with Crippen LogP contribution in [0.15, 0.2) is 28.6 Å². The highest BCUT2D eigenvalue weighted by atomic mass is 79.9. The molecule has 0 amide bonds. The Balaban J connectivity index is 2.18. The molecule has 1 nitrogen and oxygen atoms in total. The van der Waals surface area contributed by atoms with Gasteiger partial charge in [0.1, 0.15) is 0 Å². The van der Waals surface area contributed by atoms with Gasteiger partial charge in [-0.3, -0.25) is 0 Å². The zero-order valence-corrected chi connectivity index (χ0v) is 11.2. The van der Waals surface area contributed by atoms with Gasteiger partial charge in [-0.05, 0) is 47.3 Å². The summed E-state index contributed by atoms with van der Waals surface area (Å²) < 4.78 is 1.09. The summed E-state index contributed by atoms with van der Waals surface area (Å²) in [5.41, 5.74) is 0. The molecule has 1 unspecified atom stereocenters. The summed E-state index contributed by atoms with van der Waals surface area (Å²) in [5.74, 6) is 0. The van der Waals surface area contributed by atoms with Gasteiger partial charge in [-0.2, -0.15) is 0 Å². The van der Waals surface area contributed by atoms with Crippen molar-refractivity contribution >= 4 is 27.3 Å². The van der Waals surface area contributed by atoms with E-state index in [-0.39, 0.29) is 6.10 Å². The molecule has 1 atom stereocenters. The molecule has 0 saturated carbocycles. The van der Waals surface area contributed by atoms with Gasteiger partial charge in [0.25, 0.3) is 0 Å². The summed E-state index contributed by atoms with van der Waals surface area (Å²) in [6.45, 7) is 3.69. The quantitative estimate of drug-likeness (QED) is 0.570. The normalized spacial score (nSPS) is 12.7. The summed E-state index contributed by atoms with van der Waals surface area (Å²) in [7, 11) is 0. The monoisotopic (exact) mass is 288 g/mol. The number of unbranched alkanes of at least 4 members (excludes halogenated alkanes) is 3. The van der Waals surface area contributed by atoms with Crippen molar-refractivity contribution in [1.29, 1.82) is 0 Å². The molecular weight excluding hydrogens is 272 g/mol. The third kappa shape index (κ3) is 4.96. The van der Waals surface area contributed by atoms with E-state index in [1.165, 1.54) is 12.8 Å². The fourth-order valence-electron chi connectivity index (χ4n) is 1.45. The maximum absolute atomic E-state index is 9.86. The molecule has 0 aliphatic heterocycles. The molecule has 1 aromatic heterocycles. The smallest absolute Gasteiger partial charge is 0.0882 e. The third-order valence-electron chi connectivity index (χ3n) is 2.31. The van der Waals surface area contributed by atoms with E-state index in [4.69, 9.17) is 0 Å². The SMILES string of the molecule is C=CCCCCCC(O)c1ccc(Br)s1. The maximum Gasteiger partial charge on any atom is 0.0882 e. The van der Waals surface area contributed by atoms with E-state index >= 15 is 0 Å². The molecule has 1 aromatic rings. The Morgan fingerprint density at radius 1 is 1.40 bits per heavy atom. The minimum absolute atomic E-state index is 0.287. The summed E-state index contributed by atoms with van der Waals surface area (Å²) in [6, 6.07) is 3.98. The van der Waals surface area contributed by atoms with Gasteiger partial charge in [-0.15, -0.1) is 17.9 Å². The molecule has 0 aromatic carbocycles. The first-order valence-electron chi connectivity index (χ1n) is 5.28. The number of rotatable bonds is 7. The van der Waals surface area contributed by atoms with Gasteiger partial charge in [-0.1, -0.05) is 18.9 Å². The van der Waals surface area contributed by atoms with Crippen LogP contribution in [-0.2, 0) is 0 Å². The molecule has 0 saturated heterocycles. The first-order chi connectivity index (χ1) is 7.24. The Hall–Kier alpha value is -0.120. The van der Waals surface area contributed by atoms with Gasteiger partial charge in [0, 0.05) is 4.88 Å². The lowest BCUT2D eigenvalue weighted by Crippen LogP contribution is -1.93. The van der Waals surface area contributed by atoms with Crippen molar-refractivity contribution in [2.45, 2.75) is 38.2 Å². The van der Waals surface area contributed by atoms with Crippen molar-refractivity contribution in [2.75, 3.05) is 0 Å². The Morgan fingerprint density at radius 2 is 2.20 bits per heavy atom. The zero-order valence-electron chi connectivity index (χ0n) is 8.79. The van der Waals surface area contributed by atoms with E-state index in [2.05, 4.69) is 22.5 Å². The molecule has 0 fully saturated rings. The van der Waals surface area contributed by atoms with Crippen LogP contribution in [0.1, 0.15) is 43.1 Å². The number of thiophene rings is 1. The second kappa shape index (κ2) is 7.20. The van der Waals surface area contributed by atoms with Crippen LogP contribution in [0.5, 0.6) is 0 Å². The van der Waals surface area contributed by atoms with E-state index in [9.17, 15) is 5.11 Å². The van der Waals surface area contributed by atoms with Crippen molar-refractivity contribution in [3.05, 3.63) is 33.5 Å². The van der Waals surface area contributed by atoms with Crippen molar-refractivity contribution in [3.63, 3.8) is 0 Å². The molecule has 1 heterocycles. The average molecular weight is 289 g/mol. The van der Waals surface area contributed by atoms with E-state index in [1.807, 2.05) is 18.2 Å². The second-order valence-electron chi connectivity index (χ2n) is 3.58. The summed E-state index contributed by atoms with van der Waals surface area (Å²) >= 11 is 5.01. The van der Waals surface area contributed by atoms with E-state index < -0.39 is 0 Å². The molecule has 0 radical (unpaired) electrons. The van der Waals surface area contributed by atoms with Crippen LogP contribution < -0.4 is 0 Å². The van der Waals surface area contributed by atoms with Gasteiger partial charge in [0.2, 0.25) is 0 Å². The maximum atomic E-state index is 9.86. The molecule has 0 aliphatic carbocycles. The van der Waals surface area contributed by atoms with Crippen LogP contribution in [0.4, 0.5) is 0 Å². The summed E-state index contributed by atoms with van der Waals surface area (Å²) in [4.78, 5) is 1.06. The number of aliphatic hydroxyl groups is 1. The van der Waals surface area contributed by atoms with Crippen LogP contribution in [-0.4, -0.2) is 5.11 Å². The predicted molar refractivity (Wildman–Crippen MR) is 70.3 cm³/mol. The van der Waals surface area contributed by atoms with Crippen LogP contribution in [0.25, 0.3) is 0 Å². The molecule has 1 N–H and O–H groups in total. The molecule has 0 aliphatic rings. The highest BCUT2D eigenvalue weighted by Crippen LogP contribution is 2.29. The first-order valence-corrected chi connectivity index (χ1v) is 6.89. The molecule has 0 spiro atoms. The van der Waals surface area contributed by atoms with Gasteiger partial charge in [0.05, 0.1) is 9.89 Å². The lowest BCUT2D eigenvalue weighted by molar-refractivity contribution is 0.167. The molecule has 3 heteroatoms. The number of halogens is 1. The number of aliphatic hydroxyl groups excluding tert-OH is 1. The van der Waals surface area contributed by atoms with Crippen LogP contribution in [0.2, 0.25) is 0 Å². The molecule has 0 bridgehead atoms. The van der Waals surface area contributed by atoms with E-state index in [0.717, 1.165) is 27.9 Å². The van der Waals surface area contributed by atoms with Crippen LogP contribution in [0.3, 0.4) is 0 Å². The Kier molecular flexibility index (Phi) is 6.22. The Bertz CT molecular complexity index is 296. The third-order valence-corrected chi connectivity index (χ3v) is 4.03. The van der Waals surface area contributed by atoms with Gasteiger partial charge >= 0.3 is 0 Å². The largest absolute Gasteiger partial charge is 0.388 e. The van der Waals surface area contributed by atoms with Crippen molar-refractivity contribution in [2.24, 2.45) is 0 Å². The van der Waals surface area contributed by atoms with Crippen LogP contribution in [0, 0.1) is 0 Å². The highest BCUT2D eigenvalue weighted by Gasteiger charge is 2.09. The molecule has 15 heavy (non-hydrogen) atoms. The van der Waals surface area contributed by atoms with Gasteiger partial charge in [-0.25, -0.2) is 0 Å². The lowest BCUT2D eigenvalue weighted by Gasteiger charge is -2.07. The standard InChI is InChI=1S/C12H17BrOS/c1-2-3-4-5-6-7-10(14)11-8-9-12(13)15-11/h2,8-10,14H,1,3-7H2. The number of allylic oxidation sites excluding steroid dienone is 1. The highest BCUT2D eigenvalue weighted by molar-refractivity contribution is 9.11. The van der Waals surface area contributed by atoms with Crippen molar-refractivity contribution in [3.8, 4) is 0 Å². The molecular formula is C12H17BrOS. The summed E-state index contributed by atoms with van der Waals surface area (Å²) in [6.07, 6.45) is 7.06. The average Bonchev–Trinajstić information content (AvgIpc) is 2.64. The summed E-state index contributed by atoms with van der Waals surface area (Å²) in [5, 5.41) is 9.86. The Morgan fingerprint density at radius 3 is 2.80 bits per heavy atom. The fourth-order valence-corrected chi connectivity index (χ4v) is 2.90. The lowest BCUT2D eigenvalue weighted by atomic mass is 10.1. The molecule has 84 valence electrons. The van der Waals surface area contributed by atoms with Crippen LogP contribution >= 0.6 is 27.3 Å². The van der Waals surface area contributed by atoms with Crippen molar-refractivity contribution in [1.82, 2.24) is 0 Å². The first kappa shape index (κ1) is 12.9. The van der Waals surface area contributed by atoms with Gasteiger partial charge < -0.3 is 5.11 Å². The zero-order chi connectivity index (χ0) is 11.1. The minimum atomic E-state index is -0.287. The number of hydrogen-bond acceptors (Lipinski definition) is 2. The van der Waals surface area contributed by atoms with E-state index in [0.29, 0.717) is 0 Å². The fraction of sp³-hybridized carbons (Fsp3) is 0.500. The molecule has 1 rings (SSSR count). The second-order valence-corrected chi connectivity index (χ2v) is 6.08. The van der Waals surface area contributed by atoms with E-state index in [1.54, 1.807) is 11.3 Å².